The molecule has 20 heavy (non-hydrogen) atoms. The summed E-state index contributed by atoms with van der Waals surface area (Å²) < 4.78 is 1.02. The molecule has 1 aliphatic heterocycles. The van der Waals surface area contributed by atoms with Crippen LogP contribution in [0.5, 0.6) is 0 Å². The molecule has 5 heteroatoms. The van der Waals surface area contributed by atoms with Crippen LogP contribution in [-0.4, -0.2) is 36.5 Å². The Bertz CT molecular complexity index is 492. The number of nitrogens with two attached hydrogens (primary N) is 1. The van der Waals surface area contributed by atoms with E-state index in [0.717, 1.165) is 35.2 Å². The summed E-state index contributed by atoms with van der Waals surface area (Å²) in [6.45, 7) is 6.32. The second-order valence-electron chi connectivity index (χ2n) is 5.67. The zero-order valence-corrected chi connectivity index (χ0v) is 13.6. The van der Waals surface area contributed by atoms with Crippen molar-refractivity contribution in [2.75, 3.05) is 25.0 Å². The lowest BCUT2D eigenvalue weighted by molar-refractivity contribution is -0.117. The number of halogens is 1. The van der Waals surface area contributed by atoms with Crippen LogP contribution >= 0.6 is 15.9 Å². The highest BCUT2D eigenvalue weighted by Gasteiger charge is 2.24. The van der Waals surface area contributed by atoms with Gasteiger partial charge in [0.15, 0.2) is 0 Å². The maximum Gasteiger partial charge on any atom is 0.238 e. The number of rotatable bonds is 3. The molecule has 1 amide bonds. The maximum atomic E-state index is 12.1. The summed E-state index contributed by atoms with van der Waals surface area (Å²) in [5, 5.41) is 2.97. The largest absolute Gasteiger partial charge is 0.326 e. The van der Waals surface area contributed by atoms with E-state index in [4.69, 9.17) is 5.73 Å². The minimum Gasteiger partial charge on any atom is -0.326 e. The van der Waals surface area contributed by atoms with Crippen molar-refractivity contribution < 1.29 is 4.79 Å². The smallest absolute Gasteiger partial charge is 0.238 e. The van der Waals surface area contributed by atoms with Crippen molar-refractivity contribution in [3.05, 3.63) is 28.2 Å². The summed E-state index contributed by atoms with van der Waals surface area (Å²) in [7, 11) is 0. The van der Waals surface area contributed by atoms with Crippen LogP contribution in [0.1, 0.15) is 18.9 Å². The minimum atomic E-state index is 0.0252. The van der Waals surface area contributed by atoms with Crippen molar-refractivity contribution in [2.45, 2.75) is 26.3 Å². The highest BCUT2D eigenvalue weighted by atomic mass is 79.9. The van der Waals surface area contributed by atoms with E-state index in [1.807, 2.05) is 25.1 Å². The first-order chi connectivity index (χ1) is 9.45. The van der Waals surface area contributed by atoms with E-state index in [1.165, 1.54) is 0 Å². The number of hydrogen-bond donors (Lipinski definition) is 2. The van der Waals surface area contributed by atoms with Crippen LogP contribution in [0, 0.1) is 12.8 Å². The van der Waals surface area contributed by atoms with E-state index in [1.54, 1.807) is 0 Å². The average molecular weight is 340 g/mol. The molecule has 0 bridgehead atoms. The fourth-order valence-electron chi connectivity index (χ4n) is 2.47. The Morgan fingerprint density at radius 1 is 1.55 bits per heavy atom. The summed E-state index contributed by atoms with van der Waals surface area (Å²) in [4.78, 5) is 14.2. The van der Waals surface area contributed by atoms with Crippen LogP contribution in [0.3, 0.4) is 0 Å². The molecule has 1 saturated heterocycles. The third kappa shape index (κ3) is 4.04. The Morgan fingerprint density at radius 3 is 2.95 bits per heavy atom. The van der Waals surface area contributed by atoms with Crippen LogP contribution in [0.25, 0.3) is 0 Å². The molecule has 0 radical (unpaired) electrons. The lowest BCUT2D eigenvalue weighted by Crippen LogP contribution is -2.49. The van der Waals surface area contributed by atoms with E-state index in [9.17, 15) is 4.79 Å². The Kier molecular flexibility index (Phi) is 5.18. The van der Waals surface area contributed by atoms with Crippen molar-refractivity contribution in [3.8, 4) is 0 Å². The monoisotopic (exact) mass is 339 g/mol. The lowest BCUT2D eigenvalue weighted by Gasteiger charge is -2.34. The number of carbonyl (C=O) groups is 1. The van der Waals surface area contributed by atoms with E-state index in [0.29, 0.717) is 12.5 Å². The standard InChI is InChI=1S/C15H22BrN3O/c1-10-5-6-19(8-13(10)17)9-15(20)18-14-4-3-12(16)7-11(14)2/h3-4,7,10,13H,5-6,8-9,17H2,1-2H3,(H,18,20). The van der Waals surface area contributed by atoms with E-state index in [-0.39, 0.29) is 11.9 Å². The molecule has 1 fully saturated rings. The number of anilines is 1. The van der Waals surface area contributed by atoms with Gasteiger partial charge in [-0.3, -0.25) is 9.69 Å². The number of aryl methyl sites for hydroxylation is 1. The summed E-state index contributed by atoms with van der Waals surface area (Å²) in [5.41, 5.74) is 7.98. The van der Waals surface area contributed by atoms with Crippen LogP contribution in [0.15, 0.2) is 22.7 Å². The molecule has 1 heterocycles. The molecule has 0 aromatic heterocycles. The number of amides is 1. The van der Waals surface area contributed by atoms with E-state index < -0.39 is 0 Å². The van der Waals surface area contributed by atoms with Crippen molar-refractivity contribution in [1.29, 1.82) is 0 Å². The molecule has 2 atom stereocenters. The van der Waals surface area contributed by atoms with Crippen molar-refractivity contribution in [1.82, 2.24) is 4.90 Å². The molecule has 1 aliphatic rings. The summed E-state index contributed by atoms with van der Waals surface area (Å²) in [6.07, 6.45) is 1.06. The van der Waals surface area contributed by atoms with Crippen LogP contribution < -0.4 is 11.1 Å². The van der Waals surface area contributed by atoms with Gasteiger partial charge in [0.2, 0.25) is 5.91 Å². The molecule has 2 unspecified atom stereocenters. The summed E-state index contributed by atoms with van der Waals surface area (Å²) >= 11 is 3.42. The zero-order valence-electron chi connectivity index (χ0n) is 12.0. The molecule has 2 rings (SSSR count). The van der Waals surface area contributed by atoms with E-state index in [2.05, 4.69) is 33.1 Å². The van der Waals surface area contributed by atoms with Gasteiger partial charge >= 0.3 is 0 Å². The molecule has 1 aromatic carbocycles. The first-order valence-corrected chi connectivity index (χ1v) is 7.79. The highest BCUT2D eigenvalue weighted by molar-refractivity contribution is 9.10. The first kappa shape index (κ1) is 15.5. The number of likely N-dealkylation sites (tertiary alicyclic amines) is 1. The topological polar surface area (TPSA) is 58.4 Å². The fraction of sp³-hybridized carbons (Fsp3) is 0.533. The molecule has 0 saturated carbocycles. The molecule has 0 aliphatic carbocycles. The zero-order chi connectivity index (χ0) is 14.7. The normalized spacial score (nSPS) is 23.6. The number of piperidine rings is 1. The van der Waals surface area contributed by atoms with Crippen molar-refractivity contribution >= 4 is 27.5 Å². The minimum absolute atomic E-state index is 0.0252. The predicted molar refractivity (Wildman–Crippen MR) is 85.7 cm³/mol. The van der Waals surface area contributed by atoms with Gasteiger partial charge in [0.05, 0.1) is 6.54 Å². The third-order valence-corrected chi connectivity index (χ3v) is 4.42. The summed E-state index contributed by atoms with van der Waals surface area (Å²) in [6, 6.07) is 6.02. The molecule has 1 aromatic rings. The van der Waals surface area contributed by atoms with E-state index >= 15 is 0 Å². The van der Waals surface area contributed by atoms with Gasteiger partial charge in [-0.25, -0.2) is 0 Å². The van der Waals surface area contributed by atoms with Gasteiger partial charge in [0.25, 0.3) is 0 Å². The molecule has 110 valence electrons. The molecular weight excluding hydrogens is 318 g/mol. The summed E-state index contributed by atoms with van der Waals surface area (Å²) in [5.74, 6) is 0.570. The van der Waals surface area contributed by atoms with Crippen LogP contribution in [0.4, 0.5) is 5.69 Å². The molecule has 3 N–H and O–H groups in total. The Morgan fingerprint density at radius 2 is 2.30 bits per heavy atom. The Balaban J connectivity index is 1.89. The predicted octanol–water partition coefficient (Wildman–Crippen LogP) is 2.37. The average Bonchev–Trinajstić information content (AvgIpc) is 2.37. The molecular formula is C15H22BrN3O. The van der Waals surface area contributed by atoms with Crippen molar-refractivity contribution in [3.63, 3.8) is 0 Å². The van der Waals surface area contributed by atoms with Crippen LogP contribution in [-0.2, 0) is 4.79 Å². The first-order valence-electron chi connectivity index (χ1n) is 6.99. The lowest BCUT2D eigenvalue weighted by atomic mass is 9.94. The van der Waals surface area contributed by atoms with Gasteiger partial charge in [0.1, 0.15) is 0 Å². The van der Waals surface area contributed by atoms with Gasteiger partial charge < -0.3 is 11.1 Å². The second kappa shape index (κ2) is 6.70. The number of carbonyl (C=O) groups excluding carboxylic acids is 1. The Labute approximate surface area is 128 Å². The number of benzene rings is 1. The number of nitrogens with one attached hydrogen (secondary N) is 1. The fourth-order valence-corrected chi connectivity index (χ4v) is 2.95. The number of nitrogens with zero attached hydrogens (tertiary/aromatic N) is 1. The SMILES string of the molecule is Cc1cc(Br)ccc1NC(=O)CN1CCC(C)C(N)C1. The molecule has 4 nitrogen and oxygen atoms in total. The second-order valence-corrected chi connectivity index (χ2v) is 6.59. The van der Waals surface area contributed by atoms with Gasteiger partial charge in [0, 0.05) is 22.7 Å². The van der Waals surface area contributed by atoms with Gasteiger partial charge in [-0.2, -0.15) is 0 Å². The Hall–Kier alpha value is -0.910. The van der Waals surface area contributed by atoms with Gasteiger partial charge in [-0.15, -0.1) is 0 Å². The van der Waals surface area contributed by atoms with Crippen LogP contribution in [0.2, 0.25) is 0 Å². The van der Waals surface area contributed by atoms with Gasteiger partial charge in [-0.05, 0) is 49.6 Å². The third-order valence-electron chi connectivity index (χ3n) is 3.93. The highest BCUT2D eigenvalue weighted by Crippen LogP contribution is 2.20. The molecule has 0 spiro atoms. The number of hydrogen-bond acceptors (Lipinski definition) is 3. The van der Waals surface area contributed by atoms with Crippen molar-refractivity contribution in [2.24, 2.45) is 11.7 Å². The van der Waals surface area contributed by atoms with Gasteiger partial charge in [-0.1, -0.05) is 22.9 Å². The maximum absolute atomic E-state index is 12.1. The quantitative estimate of drug-likeness (QED) is 0.888.